The van der Waals surface area contributed by atoms with Gasteiger partial charge in [-0.2, -0.15) is 0 Å². The molecule has 0 bridgehead atoms. The number of hydrogen-bond donors (Lipinski definition) is 0. The summed E-state index contributed by atoms with van der Waals surface area (Å²) in [5, 5.41) is 2.22. The summed E-state index contributed by atoms with van der Waals surface area (Å²) in [6.45, 7) is 0. The van der Waals surface area contributed by atoms with Crippen molar-refractivity contribution in [1.29, 1.82) is 0 Å². The molecule has 0 aliphatic carbocycles. The molecule has 0 saturated carbocycles. The van der Waals surface area contributed by atoms with Gasteiger partial charge in [0, 0.05) is 5.39 Å². The quantitative estimate of drug-likeness (QED) is 0.495. The van der Waals surface area contributed by atoms with E-state index in [1.54, 1.807) is 6.26 Å². The topological polar surface area (TPSA) is 39.2 Å². The number of oxazole rings is 1. The molecular weight excluding hydrogens is 226 g/mol. The second-order valence-electron chi connectivity index (χ2n) is 4.13. The molecule has 0 radical (unpaired) electrons. The number of rotatable bonds is 1. The fourth-order valence-corrected chi connectivity index (χ4v) is 2.16. The lowest BCUT2D eigenvalue weighted by Gasteiger charge is -1.95. The zero-order valence-electron chi connectivity index (χ0n) is 9.46. The smallest absolute Gasteiger partial charge is 0.263 e. The van der Waals surface area contributed by atoms with Crippen LogP contribution in [0.2, 0.25) is 0 Å². The third-order valence-corrected chi connectivity index (χ3v) is 3.01. The second-order valence-corrected chi connectivity index (χ2v) is 4.13. The van der Waals surface area contributed by atoms with E-state index in [1.165, 1.54) is 0 Å². The first-order valence-electron chi connectivity index (χ1n) is 5.74. The molecule has 3 nitrogen and oxygen atoms in total. The van der Waals surface area contributed by atoms with Gasteiger partial charge in [-0.15, -0.1) is 0 Å². The zero-order chi connectivity index (χ0) is 11.9. The molecule has 86 valence electrons. The van der Waals surface area contributed by atoms with Gasteiger partial charge in [-0.25, -0.2) is 4.98 Å². The summed E-state index contributed by atoms with van der Waals surface area (Å²) in [7, 11) is 0. The lowest BCUT2D eigenvalue weighted by molar-refractivity contribution is 0.536. The summed E-state index contributed by atoms with van der Waals surface area (Å²) in [6, 6.07) is 15.8. The molecule has 4 aromatic rings. The van der Waals surface area contributed by atoms with Crippen LogP contribution in [-0.2, 0) is 0 Å². The highest BCUT2D eigenvalue weighted by Gasteiger charge is 2.12. The number of benzene rings is 2. The summed E-state index contributed by atoms with van der Waals surface area (Å²) in [5.41, 5.74) is 1.65. The van der Waals surface area contributed by atoms with Crippen molar-refractivity contribution in [1.82, 2.24) is 4.98 Å². The molecule has 0 unspecified atom stereocenters. The Morgan fingerprint density at radius 3 is 2.72 bits per heavy atom. The third kappa shape index (κ3) is 1.27. The predicted octanol–water partition coefficient (Wildman–Crippen LogP) is 4.24. The maximum Gasteiger partial charge on any atom is 0.263 e. The Morgan fingerprint density at radius 2 is 1.83 bits per heavy atom. The minimum absolute atomic E-state index is 0.520. The molecule has 0 N–H and O–H groups in total. The largest absolute Gasteiger partial charge is 0.459 e. The highest BCUT2D eigenvalue weighted by molar-refractivity contribution is 6.03. The molecule has 2 aromatic heterocycles. The molecule has 0 fully saturated rings. The lowest BCUT2D eigenvalue weighted by Crippen LogP contribution is -1.73. The van der Waals surface area contributed by atoms with Crippen molar-refractivity contribution in [2.75, 3.05) is 0 Å². The van der Waals surface area contributed by atoms with Gasteiger partial charge in [-0.3, -0.25) is 0 Å². The van der Waals surface area contributed by atoms with E-state index in [4.69, 9.17) is 8.83 Å². The Balaban J connectivity index is 2.08. The van der Waals surface area contributed by atoms with E-state index in [0.717, 1.165) is 21.9 Å². The van der Waals surface area contributed by atoms with E-state index >= 15 is 0 Å². The van der Waals surface area contributed by atoms with Crippen LogP contribution < -0.4 is 0 Å². The van der Waals surface area contributed by atoms with E-state index in [1.807, 2.05) is 42.5 Å². The second kappa shape index (κ2) is 3.47. The average molecular weight is 235 g/mol. The SMILES string of the molecule is c1coc(-c2nc3ccc4ccccc4c3o2)c1. The van der Waals surface area contributed by atoms with Gasteiger partial charge in [0.2, 0.25) is 0 Å². The Kier molecular flexibility index (Phi) is 1.83. The summed E-state index contributed by atoms with van der Waals surface area (Å²) in [4.78, 5) is 4.44. The minimum Gasteiger partial charge on any atom is -0.459 e. The average Bonchev–Trinajstić information content (AvgIpc) is 3.07. The Labute approximate surface area is 103 Å². The first kappa shape index (κ1) is 9.48. The highest BCUT2D eigenvalue weighted by atomic mass is 16.4. The van der Waals surface area contributed by atoms with E-state index in [-0.39, 0.29) is 0 Å². The number of aromatic nitrogens is 1. The molecule has 2 heterocycles. The van der Waals surface area contributed by atoms with Crippen molar-refractivity contribution in [3.8, 4) is 11.7 Å². The van der Waals surface area contributed by atoms with Gasteiger partial charge < -0.3 is 8.83 Å². The molecule has 0 amide bonds. The maximum absolute atomic E-state index is 5.82. The standard InChI is InChI=1S/C15H9NO2/c1-2-5-11-10(4-1)7-8-12-14(11)18-15(16-12)13-6-3-9-17-13/h1-9H. The van der Waals surface area contributed by atoms with Crippen LogP contribution in [-0.4, -0.2) is 4.98 Å². The number of fused-ring (bicyclic) bond motifs is 3. The Hall–Kier alpha value is -2.55. The zero-order valence-corrected chi connectivity index (χ0v) is 9.46. The lowest BCUT2D eigenvalue weighted by atomic mass is 10.1. The van der Waals surface area contributed by atoms with Crippen molar-refractivity contribution in [3.63, 3.8) is 0 Å². The van der Waals surface area contributed by atoms with Gasteiger partial charge in [0.05, 0.1) is 6.26 Å². The molecule has 3 heteroatoms. The minimum atomic E-state index is 0.520. The fraction of sp³-hybridized carbons (Fsp3) is 0. The molecular formula is C15H9NO2. The molecule has 0 atom stereocenters. The first-order valence-corrected chi connectivity index (χ1v) is 5.74. The van der Waals surface area contributed by atoms with Gasteiger partial charge in [-0.1, -0.05) is 30.3 Å². The van der Waals surface area contributed by atoms with Crippen LogP contribution in [0.1, 0.15) is 0 Å². The van der Waals surface area contributed by atoms with Crippen LogP contribution in [0, 0.1) is 0 Å². The van der Waals surface area contributed by atoms with Crippen LogP contribution in [0.25, 0.3) is 33.5 Å². The van der Waals surface area contributed by atoms with Crippen molar-refractivity contribution in [3.05, 3.63) is 54.8 Å². The number of nitrogens with zero attached hydrogens (tertiary/aromatic N) is 1. The van der Waals surface area contributed by atoms with E-state index in [9.17, 15) is 0 Å². The van der Waals surface area contributed by atoms with Crippen LogP contribution in [0.4, 0.5) is 0 Å². The van der Waals surface area contributed by atoms with Crippen molar-refractivity contribution in [2.24, 2.45) is 0 Å². The molecule has 18 heavy (non-hydrogen) atoms. The maximum atomic E-state index is 5.82. The summed E-state index contributed by atoms with van der Waals surface area (Å²) >= 11 is 0. The summed E-state index contributed by atoms with van der Waals surface area (Å²) in [5.74, 6) is 1.17. The van der Waals surface area contributed by atoms with Gasteiger partial charge >= 0.3 is 0 Å². The number of hydrogen-bond acceptors (Lipinski definition) is 3. The van der Waals surface area contributed by atoms with Crippen LogP contribution in [0.3, 0.4) is 0 Å². The van der Waals surface area contributed by atoms with Crippen LogP contribution >= 0.6 is 0 Å². The molecule has 0 spiro atoms. The van der Waals surface area contributed by atoms with E-state index in [0.29, 0.717) is 11.7 Å². The third-order valence-electron chi connectivity index (χ3n) is 3.01. The fourth-order valence-electron chi connectivity index (χ4n) is 2.16. The van der Waals surface area contributed by atoms with Gasteiger partial charge in [0.15, 0.2) is 11.3 Å². The van der Waals surface area contributed by atoms with E-state index in [2.05, 4.69) is 11.1 Å². The summed E-state index contributed by atoms with van der Waals surface area (Å²) < 4.78 is 11.1. The summed E-state index contributed by atoms with van der Waals surface area (Å²) in [6.07, 6.45) is 1.61. The molecule has 2 aromatic carbocycles. The molecule has 0 aliphatic rings. The molecule has 4 rings (SSSR count). The Bertz CT molecular complexity index is 828. The van der Waals surface area contributed by atoms with Gasteiger partial charge in [0.25, 0.3) is 5.89 Å². The Morgan fingerprint density at radius 1 is 0.889 bits per heavy atom. The first-order chi connectivity index (χ1) is 8.92. The number of furan rings is 1. The van der Waals surface area contributed by atoms with Gasteiger partial charge in [-0.05, 0) is 23.6 Å². The van der Waals surface area contributed by atoms with Crippen molar-refractivity contribution < 1.29 is 8.83 Å². The monoisotopic (exact) mass is 235 g/mol. The van der Waals surface area contributed by atoms with Crippen molar-refractivity contribution >= 4 is 21.9 Å². The van der Waals surface area contributed by atoms with Crippen LogP contribution in [0.15, 0.2) is 63.6 Å². The van der Waals surface area contributed by atoms with Crippen LogP contribution in [0.5, 0.6) is 0 Å². The van der Waals surface area contributed by atoms with Crippen molar-refractivity contribution in [2.45, 2.75) is 0 Å². The normalized spacial score (nSPS) is 11.3. The van der Waals surface area contributed by atoms with Gasteiger partial charge in [0.1, 0.15) is 5.52 Å². The highest BCUT2D eigenvalue weighted by Crippen LogP contribution is 2.29. The predicted molar refractivity (Wildman–Crippen MR) is 69.2 cm³/mol. The van der Waals surface area contributed by atoms with E-state index < -0.39 is 0 Å². The molecule has 0 saturated heterocycles. The molecule has 0 aliphatic heterocycles.